The van der Waals surface area contributed by atoms with Gasteiger partial charge in [-0.25, -0.2) is 9.97 Å². The molecule has 2 fully saturated rings. The lowest BCUT2D eigenvalue weighted by Crippen LogP contribution is -2.36. The maximum absolute atomic E-state index is 13.2. The van der Waals surface area contributed by atoms with E-state index < -0.39 is 0 Å². The molecule has 0 spiro atoms. The van der Waals surface area contributed by atoms with Crippen molar-refractivity contribution in [2.75, 3.05) is 62.0 Å². The van der Waals surface area contributed by atoms with E-state index in [1.807, 2.05) is 24.4 Å². The van der Waals surface area contributed by atoms with Crippen LogP contribution in [0.2, 0.25) is 0 Å². The predicted molar refractivity (Wildman–Crippen MR) is 156 cm³/mol. The summed E-state index contributed by atoms with van der Waals surface area (Å²) in [5.74, 6) is 2.63. The molecule has 8 nitrogen and oxygen atoms in total. The SMILES string of the molecule is CC(CC1CCN(C)CC1)c1ccc(NC(=O)c2cccnc2NCc2ccnc(N3CCOCC3)c2)cc1. The minimum Gasteiger partial charge on any atom is -0.378 e. The van der Waals surface area contributed by atoms with E-state index in [-0.39, 0.29) is 5.91 Å². The van der Waals surface area contributed by atoms with Crippen molar-refractivity contribution in [3.63, 3.8) is 0 Å². The van der Waals surface area contributed by atoms with Crippen molar-refractivity contribution in [1.82, 2.24) is 14.9 Å². The van der Waals surface area contributed by atoms with Gasteiger partial charge in [0, 0.05) is 37.7 Å². The molecule has 1 aromatic carbocycles. The van der Waals surface area contributed by atoms with E-state index in [0.29, 0.717) is 23.8 Å². The van der Waals surface area contributed by atoms with E-state index in [2.05, 4.69) is 62.6 Å². The predicted octanol–water partition coefficient (Wildman–Crippen LogP) is 5.01. The summed E-state index contributed by atoms with van der Waals surface area (Å²) in [4.78, 5) is 26.8. The minimum absolute atomic E-state index is 0.179. The molecule has 2 aliphatic heterocycles. The van der Waals surface area contributed by atoms with Crippen LogP contribution in [0, 0.1) is 5.92 Å². The van der Waals surface area contributed by atoms with E-state index in [0.717, 1.165) is 49.3 Å². The summed E-state index contributed by atoms with van der Waals surface area (Å²) in [6.45, 7) is 8.37. The van der Waals surface area contributed by atoms with Gasteiger partial charge in [-0.3, -0.25) is 4.79 Å². The van der Waals surface area contributed by atoms with Gasteiger partial charge in [-0.2, -0.15) is 0 Å². The normalized spacial score (nSPS) is 17.5. The number of rotatable bonds is 9. The Hall–Kier alpha value is -3.49. The molecule has 39 heavy (non-hydrogen) atoms. The smallest absolute Gasteiger partial charge is 0.259 e. The molecule has 8 heteroatoms. The van der Waals surface area contributed by atoms with Crippen LogP contribution in [-0.2, 0) is 11.3 Å². The molecule has 2 N–H and O–H groups in total. The molecule has 1 unspecified atom stereocenters. The van der Waals surface area contributed by atoms with Gasteiger partial charge in [0.15, 0.2) is 0 Å². The number of anilines is 3. The Balaban J connectivity index is 1.17. The molecule has 206 valence electrons. The number of aromatic nitrogens is 2. The first-order chi connectivity index (χ1) is 19.0. The van der Waals surface area contributed by atoms with Gasteiger partial charge in [-0.05, 0) is 98.8 Å². The van der Waals surface area contributed by atoms with Gasteiger partial charge < -0.3 is 25.2 Å². The molecule has 0 saturated carbocycles. The number of carbonyl (C=O) groups is 1. The fourth-order valence-corrected chi connectivity index (χ4v) is 5.48. The molecule has 0 radical (unpaired) electrons. The fourth-order valence-electron chi connectivity index (χ4n) is 5.48. The fraction of sp³-hybridized carbons (Fsp3) is 0.452. The molecule has 2 saturated heterocycles. The molecule has 0 bridgehead atoms. The number of pyridine rings is 2. The van der Waals surface area contributed by atoms with Crippen LogP contribution in [0.4, 0.5) is 17.3 Å². The molecule has 2 aliphatic rings. The highest BCUT2D eigenvalue weighted by atomic mass is 16.5. The van der Waals surface area contributed by atoms with E-state index in [4.69, 9.17) is 4.74 Å². The number of hydrogen-bond acceptors (Lipinski definition) is 7. The monoisotopic (exact) mass is 528 g/mol. The van der Waals surface area contributed by atoms with Crippen LogP contribution in [0.1, 0.15) is 53.6 Å². The van der Waals surface area contributed by atoms with Crippen LogP contribution in [-0.4, -0.2) is 67.2 Å². The number of likely N-dealkylation sites (tertiary alicyclic amines) is 1. The second-order valence-electron chi connectivity index (χ2n) is 10.8. The van der Waals surface area contributed by atoms with Crippen LogP contribution in [0.25, 0.3) is 0 Å². The Kier molecular flexibility index (Phi) is 9.06. The Morgan fingerprint density at radius 2 is 1.79 bits per heavy atom. The van der Waals surface area contributed by atoms with Gasteiger partial charge >= 0.3 is 0 Å². The zero-order valence-electron chi connectivity index (χ0n) is 23.1. The van der Waals surface area contributed by atoms with Crippen molar-refractivity contribution < 1.29 is 9.53 Å². The Morgan fingerprint density at radius 1 is 1.03 bits per heavy atom. The van der Waals surface area contributed by atoms with Gasteiger partial charge in [-0.15, -0.1) is 0 Å². The van der Waals surface area contributed by atoms with Gasteiger partial charge in [0.2, 0.25) is 0 Å². The summed E-state index contributed by atoms with van der Waals surface area (Å²) in [6, 6.07) is 16.0. The van der Waals surface area contributed by atoms with E-state index >= 15 is 0 Å². The highest BCUT2D eigenvalue weighted by molar-refractivity contribution is 6.07. The van der Waals surface area contributed by atoms with Crippen molar-refractivity contribution >= 4 is 23.2 Å². The third-order valence-electron chi connectivity index (χ3n) is 7.92. The van der Waals surface area contributed by atoms with Crippen molar-refractivity contribution in [2.45, 2.75) is 38.6 Å². The highest BCUT2D eigenvalue weighted by Crippen LogP contribution is 2.30. The Morgan fingerprint density at radius 3 is 2.56 bits per heavy atom. The van der Waals surface area contributed by atoms with E-state index in [1.165, 1.54) is 37.9 Å². The summed E-state index contributed by atoms with van der Waals surface area (Å²) >= 11 is 0. The summed E-state index contributed by atoms with van der Waals surface area (Å²) < 4.78 is 5.45. The molecule has 1 amide bonds. The number of amides is 1. The maximum atomic E-state index is 13.2. The number of piperidine rings is 1. The number of morpholine rings is 1. The van der Waals surface area contributed by atoms with Crippen LogP contribution >= 0.6 is 0 Å². The molecule has 1 atom stereocenters. The van der Waals surface area contributed by atoms with Gasteiger partial charge in [0.25, 0.3) is 5.91 Å². The van der Waals surface area contributed by atoms with Crippen LogP contribution in [0.15, 0.2) is 60.9 Å². The third-order valence-corrected chi connectivity index (χ3v) is 7.92. The first-order valence-electron chi connectivity index (χ1n) is 14.1. The molecule has 4 heterocycles. The largest absolute Gasteiger partial charge is 0.378 e. The summed E-state index contributed by atoms with van der Waals surface area (Å²) in [5.41, 5.74) is 3.70. The number of benzene rings is 1. The van der Waals surface area contributed by atoms with Crippen LogP contribution < -0.4 is 15.5 Å². The number of nitrogens with one attached hydrogen (secondary N) is 2. The molecule has 2 aromatic heterocycles. The van der Waals surface area contributed by atoms with Crippen LogP contribution in [0.5, 0.6) is 0 Å². The van der Waals surface area contributed by atoms with Crippen molar-refractivity contribution in [1.29, 1.82) is 0 Å². The van der Waals surface area contributed by atoms with Gasteiger partial charge in [0.1, 0.15) is 11.6 Å². The highest BCUT2D eigenvalue weighted by Gasteiger charge is 2.20. The lowest BCUT2D eigenvalue weighted by molar-refractivity contribution is 0.102. The van der Waals surface area contributed by atoms with Crippen molar-refractivity contribution in [3.05, 3.63) is 77.6 Å². The van der Waals surface area contributed by atoms with E-state index in [1.54, 1.807) is 18.3 Å². The summed E-state index contributed by atoms with van der Waals surface area (Å²) in [5, 5.41) is 6.39. The second kappa shape index (κ2) is 13.0. The van der Waals surface area contributed by atoms with E-state index in [9.17, 15) is 4.79 Å². The third kappa shape index (κ3) is 7.34. The number of hydrogen-bond donors (Lipinski definition) is 2. The lowest BCUT2D eigenvalue weighted by Gasteiger charge is -2.30. The summed E-state index contributed by atoms with van der Waals surface area (Å²) in [6.07, 6.45) is 7.31. The maximum Gasteiger partial charge on any atom is 0.259 e. The number of ether oxygens (including phenoxy) is 1. The van der Waals surface area contributed by atoms with Gasteiger partial charge in [0.05, 0.1) is 18.8 Å². The van der Waals surface area contributed by atoms with Crippen LogP contribution in [0.3, 0.4) is 0 Å². The number of carbonyl (C=O) groups excluding carboxylic acids is 1. The molecular formula is C31H40N6O2. The molecule has 0 aliphatic carbocycles. The standard InChI is InChI=1S/C31H40N6O2/c1-23(20-24-10-14-36(2)15-11-24)26-5-7-27(8-6-26)35-31(38)28-4-3-12-33-30(28)34-22-25-9-13-32-29(21-25)37-16-18-39-19-17-37/h3-9,12-13,21,23-24H,10-11,14-20,22H2,1-2H3,(H,33,34)(H,35,38). The second-order valence-corrected chi connectivity index (χ2v) is 10.8. The first-order valence-corrected chi connectivity index (χ1v) is 14.1. The Labute approximate surface area is 231 Å². The lowest BCUT2D eigenvalue weighted by atomic mass is 9.85. The Bertz CT molecular complexity index is 1220. The van der Waals surface area contributed by atoms with Crippen molar-refractivity contribution in [2.24, 2.45) is 5.92 Å². The molecule has 3 aromatic rings. The average Bonchev–Trinajstić information content (AvgIpc) is 2.98. The topological polar surface area (TPSA) is 82.6 Å². The first kappa shape index (κ1) is 27.1. The number of nitrogens with zero attached hydrogens (tertiary/aromatic N) is 4. The van der Waals surface area contributed by atoms with Gasteiger partial charge in [-0.1, -0.05) is 19.1 Å². The summed E-state index contributed by atoms with van der Waals surface area (Å²) in [7, 11) is 2.21. The van der Waals surface area contributed by atoms with Crippen molar-refractivity contribution in [3.8, 4) is 0 Å². The zero-order chi connectivity index (χ0) is 27.0. The minimum atomic E-state index is -0.179. The quantitative estimate of drug-likeness (QED) is 0.404. The zero-order valence-corrected chi connectivity index (χ0v) is 23.1. The average molecular weight is 529 g/mol. The molecule has 5 rings (SSSR count). The molecular weight excluding hydrogens is 488 g/mol.